The number of hydrogen-bond donors (Lipinski definition) is 1. The van der Waals surface area contributed by atoms with Crippen LogP contribution in [-0.4, -0.2) is 54.5 Å². The van der Waals surface area contributed by atoms with Crippen molar-refractivity contribution >= 4 is 11.9 Å². The van der Waals surface area contributed by atoms with E-state index in [1.807, 2.05) is 0 Å². The van der Waals surface area contributed by atoms with Crippen LogP contribution >= 0.6 is 0 Å². The van der Waals surface area contributed by atoms with Crippen LogP contribution in [-0.2, 0) is 4.79 Å². The average Bonchev–Trinajstić information content (AvgIpc) is 2.71. The van der Waals surface area contributed by atoms with Gasteiger partial charge in [0.15, 0.2) is 0 Å². The summed E-state index contributed by atoms with van der Waals surface area (Å²) in [6, 6.07) is 0.137. The molecule has 5 nitrogen and oxygen atoms in total. The van der Waals surface area contributed by atoms with E-state index in [-0.39, 0.29) is 18.5 Å². The number of carbonyl (C=O) groups is 2. The highest BCUT2D eigenvalue weighted by molar-refractivity contribution is 6.01. The zero-order valence-electron chi connectivity index (χ0n) is 8.32. The van der Waals surface area contributed by atoms with Crippen LogP contribution in [0.2, 0.25) is 0 Å². The van der Waals surface area contributed by atoms with Gasteiger partial charge in [0.1, 0.15) is 6.54 Å². The maximum atomic E-state index is 11.5. The molecule has 14 heavy (non-hydrogen) atoms. The third kappa shape index (κ3) is 1.59. The Morgan fingerprint density at radius 3 is 2.79 bits per heavy atom. The van der Waals surface area contributed by atoms with Gasteiger partial charge in [-0.05, 0) is 19.4 Å². The zero-order chi connectivity index (χ0) is 10.1. The fraction of sp³-hybridized carbons (Fsp3) is 0.778. The van der Waals surface area contributed by atoms with Gasteiger partial charge in [-0.2, -0.15) is 0 Å². The summed E-state index contributed by atoms with van der Waals surface area (Å²) >= 11 is 0. The van der Waals surface area contributed by atoms with E-state index in [1.165, 1.54) is 9.80 Å². The minimum absolute atomic E-state index is 0.0776. The van der Waals surface area contributed by atoms with Crippen molar-refractivity contribution < 1.29 is 9.59 Å². The summed E-state index contributed by atoms with van der Waals surface area (Å²) in [5.74, 6) is -0.0776. The molecule has 2 fully saturated rings. The summed E-state index contributed by atoms with van der Waals surface area (Å²) < 4.78 is 0. The van der Waals surface area contributed by atoms with Crippen molar-refractivity contribution in [2.45, 2.75) is 18.9 Å². The Bertz CT molecular complexity index is 261. The van der Waals surface area contributed by atoms with Gasteiger partial charge in [0.2, 0.25) is 5.91 Å². The van der Waals surface area contributed by atoms with Crippen LogP contribution in [0.3, 0.4) is 0 Å². The Balaban J connectivity index is 1.96. The predicted octanol–water partition coefficient (Wildman–Crippen LogP) is -0.368. The quantitative estimate of drug-likeness (QED) is 0.615. The average molecular weight is 197 g/mol. The molecule has 0 radical (unpaired) electrons. The maximum Gasteiger partial charge on any atom is 0.327 e. The first-order valence-corrected chi connectivity index (χ1v) is 4.97. The van der Waals surface area contributed by atoms with E-state index in [9.17, 15) is 9.59 Å². The second kappa shape index (κ2) is 3.57. The van der Waals surface area contributed by atoms with Gasteiger partial charge in [-0.25, -0.2) is 4.79 Å². The van der Waals surface area contributed by atoms with Crippen molar-refractivity contribution in [3.8, 4) is 0 Å². The molecule has 2 rings (SSSR count). The molecule has 0 aromatic heterocycles. The molecule has 78 valence electrons. The van der Waals surface area contributed by atoms with Gasteiger partial charge in [-0.15, -0.1) is 0 Å². The van der Waals surface area contributed by atoms with Crippen LogP contribution in [0.15, 0.2) is 0 Å². The highest BCUT2D eigenvalue weighted by atomic mass is 16.2. The van der Waals surface area contributed by atoms with Gasteiger partial charge < -0.3 is 10.2 Å². The van der Waals surface area contributed by atoms with E-state index in [0.29, 0.717) is 12.6 Å². The first-order valence-electron chi connectivity index (χ1n) is 4.97. The zero-order valence-corrected chi connectivity index (χ0v) is 8.32. The van der Waals surface area contributed by atoms with Crippen molar-refractivity contribution in [1.29, 1.82) is 0 Å². The van der Waals surface area contributed by atoms with E-state index < -0.39 is 0 Å². The molecular formula is C9H15N3O2. The Morgan fingerprint density at radius 2 is 2.29 bits per heavy atom. The SMILES string of the molecule is CN1CC(=O)N(C[C@H]2CCCN2)C1=O. The van der Waals surface area contributed by atoms with E-state index in [1.54, 1.807) is 7.05 Å². The van der Waals surface area contributed by atoms with Gasteiger partial charge in [-0.1, -0.05) is 0 Å². The smallest absolute Gasteiger partial charge is 0.318 e. The number of nitrogens with one attached hydrogen (secondary N) is 1. The molecule has 1 atom stereocenters. The number of amides is 3. The summed E-state index contributed by atoms with van der Waals surface area (Å²) in [7, 11) is 1.66. The Labute approximate surface area is 83.0 Å². The molecule has 1 N–H and O–H groups in total. The number of carbonyl (C=O) groups excluding carboxylic acids is 2. The van der Waals surface area contributed by atoms with Gasteiger partial charge in [0, 0.05) is 19.6 Å². The van der Waals surface area contributed by atoms with E-state index in [4.69, 9.17) is 0 Å². The molecule has 0 bridgehead atoms. The van der Waals surface area contributed by atoms with Crippen molar-refractivity contribution in [3.63, 3.8) is 0 Å². The van der Waals surface area contributed by atoms with Crippen molar-refractivity contribution in [2.24, 2.45) is 0 Å². The van der Waals surface area contributed by atoms with Gasteiger partial charge in [-0.3, -0.25) is 9.69 Å². The lowest BCUT2D eigenvalue weighted by atomic mass is 10.2. The number of urea groups is 1. The first kappa shape index (κ1) is 9.45. The van der Waals surface area contributed by atoms with E-state index >= 15 is 0 Å². The number of rotatable bonds is 2. The third-order valence-corrected chi connectivity index (χ3v) is 2.80. The fourth-order valence-electron chi connectivity index (χ4n) is 1.98. The molecular weight excluding hydrogens is 182 g/mol. The molecule has 3 amide bonds. The van der Waals surface area contributed by atoms with Gasteiger partial charge in [0.05, 0.1) is 0 Å². The molecule has 5 heteroatoms. The lowest BCUT2D eigenvalue weighted by Gasteiger charge is -2.18. The molecule has 0 aromatic rings. The Kier molecular flexibility index (Phi) is 2.41. The van der Waals surface area contributed by atoms with Crippen LogP contribution in [0.25, 0.3) is 0 Å². The predicted molar refractivity (Wildman–Crippen MR) is 50.8 cm³/mol. The molecule has 2 aliphatic rings. The van der Waals surface area contributed by atoms with Crippen LogP contribution in [0.1, 0.15) is 12.8 Å². The van der Waals surface area contributed by atoms with Gasteiger partial charge >= 0.3 is 6.03 Å². The molecule has 0 unspecified atom stereocenters. The third-order valence-electron chi connectivity index (χ3n) is 2.80. The summed E-state index contributed by atoms with van der Waals surface area (Å²) in [5, 5.41) is 3.27. The first-order chi connectivity index (χ1) is 6.68. The minimum atomic E-state index is -0.163. The summed E-state index contributed by atoms with van der Waals surface area (Å²) in [6.07, 6.45) is 2.19. The highest BCUT2D eigenvalue weighted by Crippen LogP contribution is 2.12. The summed E-state index contributed by atoms with van der Waals surface area (Å²) in [6.45, 7) is 1.75. The number of imide groups is 1. The molecule has 2 heterocycles. The lowest BCUT2D eigenvalue weighted by Crippen LogP contribution is -2.41. The Hall–Kier alpha value is -1.10. The van der Waals surface area contributed by atoms with Crippen molar-refractivity contribution in [3.05, 3.63) is 0 Å². The number of nitrogens with zero attached hydrogens (tertiary/aromatic N) is 2. The molecule has 0 saturated carbocycles. The number of hydrogen-bond acceptors (Lipinski definition) is 3. The van der Waals surface area contributed by atoms with Crippen LogP contribution < -0.4 is 5.32 Å². The van der Waals surface area contributed by atoms with Gasteiger partial charge in [0.25, 0.3) is 0 Å². The normalized spacial score (nSPS) is 27.9. The molecule has 0 spiro atoms. The van der Waals surface area contributed by atoms with E-state index in [2.05, 4.69) is 5.32 Å². The highest BCUT2D eigenvalue weighted by Gasteiger charge is 2.35. The van der Waals surface area contributed by atoms with Crippen molar-refractivity contribution in [1.82, 2.24) is 15.1 Å². The Morgan fingerprint density at radius 1 is 1.50 bits per heavy atom. The molecule has 2 aliphatic heterocycles. The monoisotopic (exact) mass is 197 g/mol. The number of likely N-dealkylation sites (N-methyl/N-ethyl adjacent to an activating group) is 1. The largest absolute Gasteiger partial charge is 0.327 e. The van der Waals surface area contributed by atoms with Crippen molar-refractivity contribution in [2.75, 3.05) is 26.7 Å². The molecule has 0 aromatic carbocycles. The second-order valence-corrected chi connectivity index (χ2v) is 3.94. The molecule has 2 saturated heterocycles. The standard InChI is InChI=1S/C9H15N3O2/c1-11-6-8(13)12(9(11)14)5-7-3-2-4-10-7/h7,10H,2-6H2,1H3/t7-/m1/s1. The lowest BCUT2D eigenvalue weighted by molar-refractivity contribution is -0.125. The molecule has 0 aliphatic carbocycles. The fourth-order valence-corrected chi connectivity index (χ4v) is 1.98. The van der Waals surface area contributed by atoms with Crippen LogP contribution in [0.4, 0.5) is 4.79 Å². The summed E-state index contributed by atoms with van der Waals surface area (Å²) in [4.78, 5) is 25.7. The van der Waals surface area contributed by atoms with E-state index in [0.717, 1.165) is 19.4 Å². The topological polar surface area (TPSA) is 52.7 Å². The second-order valence-electron chi connectivity index (χ2n) is 3.94. The van der Waals surface area contributed by atoms with Crippen LogP contribution in [0, 0.1) is 0 Å². The maximum absolute atomic E-state index is 11.5. The van der Waals surface area contributed by atoms with Crippen LogP contribution in [0.5, 0.6) is 0 Å². The minimum Gasteiger partial charge on any atom is -0.318 e. The summed E-state index contributed by atoms with van der Waals surface area (Å²) in [5.41, 5.74) is 0.